The van der Waals surface area contributed by atoms with Gasteiger partial charge in [-0.25, -0.2) is 0 Å². The normalized spacial score (nSPS) is 11.5. The maximum absolute atomic E-state index is 5.54. The summed E-state index contributed by atoms with van der Waals surface area (Å²) in [5.74, 6) is 2.77. The van der Waals surface area contributed by atoms with Crippen molar-refractivity contribution in [3.05, 3.63) is 59.0 Å². The number of rotatable bonds is 4. The van der Waals surface area contributed by atoms with Crippen molar-refractivity contribution in [1.82, 2.24) is 10.2 Å². The molecule has 1 heterocycles. The number of nitrogens with one attached hydrogen (secondary N) is 1. The molecule has 0 atom stereocenters. The molecule has 0 saturated carbocycles. The molecule has 0 aliphatic carbocycles. The first kappa shape index (κ1) is 15.2. The minimum Gasteiger partial charge on any atom is -0.466 e. The van der Waals surface area contributed by atoms with Crippen LogP contribution in [-0.2, 0) is 13.1 Å². The van der Waals surface area contributed by atoms with Crippen molar-refractivity contribution in [2.75, 3.05) is 14.1 Å². The average Bonchev–Trinajstić information content (AvgIpc) is 2.79. The predicted molar refractivity (Wildman–Crippen MR) is 86.3 cm³/mol. The van der Waals surface area contributed by atoms with Gasteiger partial charge in [0, 0.05) is 32.7 Å². The molecule has 0 aliphatic heterocycles. The molecule has 0 unspecified atom stereocenters. The molecule has 1 aromatic heterocycles. The highest BCUT2D eigenvalue weighted by molar-refractivity contribution is 5.79. The van der Waals surface area contributed by atoms with Crippen molar-refractivity contribution in [1.29, 1.82) is 0 Å². The van der Waals surface area contributed by atoms with Crippen molar-refractivity contribution in [3.63, 3.8) is 0 Å². The summed E-state index contributed by atoms with van der Waals surface area (Å²) in [6, 6.07) is 12.4. The predicted octanol–water partition coefficient (Wildman–Crippen LogP) is 3.10. The van der Waals surface area contributed by atoms with Gasteiger partial charge in [0.25, 0.3) is 0 Å². The molecule has 4 heteroatoms. The molecule has 0 amide bonds. The number of hydrogen-bond acceptors (Lipinski definition) is 2. The second-order valence-electron chi connectivity index (χ2n) is 5.18. The van der Waals surface area contributed by atoms with E-state index in [9.17, 15) is 0 Å². The molecule has 0 aliphatic rings. The third-order valence-corrected chi connectivity index (χ3v) is 3.42. The van der Waals surface area contributed by atoms with Gasteiger partial charge in [0.15, 0.2) is 5.96 Å². The maximum Gasteiger partial charge on any atom is 0.193 e. The maximum atomic E-state index is 5.54. The fourth-order valence-electron chi connectivity index (χ4n) is 2.35. The highest BCUT2D eigenvalue weighted by atomic mass is 16.3. The van der Waals surface area contributed by atoms with Crippen LogP contribution in [-0.4, -0.2) is 25.0 Å². The lowest BCUT2D eigenvalue weighted by Crippen LogP contribution is -2.38. The van der Waals surface area contributed by atoms with Gasteiger partial charge in [0.2, 0.25) is 0 Å². The summed E-state index contributed by atoms with van der Waals surface area (Å²) in [5, 5.41) is 3.38. The van der Waals surface area contributed by atoms with Crippen LogP contribution in [0.25, 0.3) is 0 Å². The summed E-state index contributed by atoms with van der Waals surface area (Å²) in [7, 11) is 3.84. The monoisotopic (exact) mass is 285 g/mol. The highest BCUT2D eigenvalue weighted by Gasteiger charge is 2.09. The lowest BCUT2D eigenvalue weighted by atomic mass is 10.2. The van der Waals surface area contributed by atoms with Gasteiger partial charge in [-0.2, -0.15) is 0 Å². The summed E-state index contributed by atoms with van der Waals surface area (Å²) in [5.41, 5.74) is 2.43. The molecule has 2 rings (SSSR count). The van der Waals surface area contributed by atoms with E-state index in [1.54, 1.807) is 7.05 Å². The van der Waals surface area contributed by atoms with Crippen LogP contribution in [0.15, 0.2) is 45.8 Å². The van der Waals surface area contributed by atoms with Gasteiger partial charge in [-0.3, -0.25) is 4.99 Å². The Morgan fingerprint density at radius 3 is 2.52 bits per heavy atom. The lowest BCUT2D eigenvalue weighted by Gasteiger charge is -2.22. The Bertz CT molecular complexity index is 602. The van der Waals surface area contributed by atoms with Crippen LogP contribution in [0, 0.1) is 13.8 Å². The first-order chi connectivity index (χ1) is 10.1. The van der Waals surface area contributed by atoms with Crippen LogP contribution >= 0.6 is 0 Å². The summed E-state index contributed by atoms with van der Waals surface area (Å²) in [4.78, 5) is 6.45. The first-order valence-corrected chi connectivity index (χ1v) is 7.11. The Morgan fingerprint density at radius 2 is 1.95 bits per heavy atom. The number of nitrogens with zero attached hydrogens (tertiary/aromatic N) is 2. The zero-order valence-corrected chi connectivity index (χ0v) is 13.2. The third kappa shape index (κ3) is 4.12. The Labute approximate surface area is 126 Å². The molecule has 0 bridgehead atoms. The highest BCUT2D eigenvalue weighted by Crippen LogP contribution is 2.13. The smallest absolute Gasteiger partial charge is 0.193 e. The van der Waals surface area contributed by atoms with Gasteiger partial charge in [0.1, 0.15) is 11.5 Å². The van der Waals surface area contributed by atoms with Crippen LogP contribution in [0.4, 0.5) is 0 Å². The molecular formula is C17H23N3O. The molecule has 1 aromatic carbocycles. The van der Waals surface area contributed by atoms with Crippen molar-refractivity contribution in [2.45, 2.75) is 26.9 Å². The molecule has 112 valence electrons. The Kier molecular flexibility index (Phi) is 5.04. The Hall–Kier alpha value is -2.23. The summed E-state index contributed by atoms with van der Waals surface area (Å²) in [6.07, 6.45) is 0. The second kappa shape index (κ2) is 6.97. The largest absolute Gasteiger partial charge is 0.466 e. The van der Waals surface area contributed by atoms with Crippen LogP contribution in [0.1, 0.15) is 22.6 Å². The Morgan fingerprint density at radius 1 is 1.24 bits per heavy atom. The first-order valence-electron chi connectivity index (χ1n) is 7.11. The fraction of sp³-hybridized carbons (Fsp3) is 0.353. The molecular weight excluding hydrogens is 262 g/mol. The van der Waals surface area contributed by atoms with E-state index in [0.717, 1.165) is 30.6 Å². The van der Waals surface area contributed by atoms with E-state index in [1.807, 2.05) is 27.0 Å². The zero-order chi connectivity index (χ0) is 15.2. The summed E-state index contributed by atoms with van der Waals surface area (Å²) < 4.78 is 5.54. The summed E-state index contributed by atoms with van der Waals surface area (Å²) >= 11 is 0. The number of aliphatic imine (C=N–C) groups is 1. The van der Waals surface area contributed by atoms with Crippen LogP contribution < -0.4 is 5.32 Å². The molecule has 0 saturated heterocycles. The van der Waals surface area contributed by atoms with E-state index in [0.29, 0.717) is 0 Å². The number of hydrogen-bond donors (Lipinski definition) is 1. The van der Waals surface area contributed by atoms with Crippen LogP contribution in [0.5, 0.6) is 0 Å². The number of aryl methyl sites for hydroxylation is 2. The topological polar surface area (TPSA) is 40.8 Å². The van der Waals surface area contributed by atoms with Gasteiger partial charge in [-0.1, -0.05) is 30.3 Å². The van der Waals surface area contributed by atoms with Crippen LogP contribution in [0.3, 0.4) is 0 Å². The van der Waals surface area contributed by atoms with Crippen molar-refractivity contribution in [2.24, 2.45) is 4.99 Å². The van der Waals surface area contributed by atoms with E-state index in [4.69, 9.17) is 4.42 Å². The molecule has 0 fully saturated rings. The SMILES string of the molecule is CN=C(NCc1cc(C)oc1C)N(C)Cc1ccccc1. The zero-order valence-electron chi connectivity index (χ0n) is 13.2. The lowest BCUT2D eigenvalue weighted by molar-refractivity contribution is 0.474. The molecule has 0 spiro atoms. The fourth-order valence-corrected chi connectivity index (χ4v) is 2.35. The quantitative estimate of drug-likeness (QED) is 0.693. The molecule has 0 radical (unpaired) electrons. The molecule has 21 heavy (non-hydrogen) atoms. The van der Waals surface area contributed by atoms with E-state index in [-0.39, 0.29) is 0 Å². The minimum absolute atomic E-state index is 0.717. The van der Waals surface area contributed by atoms with E-state index >= 15 is 0 Å². The third-order valence-electron chi connectivity index (χ3n) is 3.42. The van der Waals surface area contributed by atoms with E-state index < -0.39 is 0 Å². The second-order valence-corrected chi connectivity index (χ2v) is 5.18. The number of guanidine groups is 1. The standard InChI is InChI=1S/C17H23N3O/c1-13-10-16(14(2)21-13)11-19-17(18-3)20(4)12-15-8-6-5-7-9-15/h5-10H,11-12H2,1-4H3,(H,18,19). The number of benzene rings is 1. The van der Waals surface area contributed by atoms with E-state index in [2.05, 4.69) is 45.5 Å². The van der Waals surface area contributed by atoms with Gasteiger partial charge in [0.05, 0.1) is 0 Å². The molecule has 1 N–H and O–H groups in total. The molecule has 4 nitrogen and oxygen atoms in total. The Balaban J connectivity index is 1.95. The van der Waals surface area contributed by atoms with Crippen LogP contribution in [0.2, 0.25) is 0 Å². The van der Waals surface area contributed by atoms with Crippen molar-refractivity contribution in [3.8, 4) is 0 Å². The average molecular weight is 285 g/mol. The number of furan rings is 1. The van der Waals surface area contributed by atoms with Gasteiger partial charge in [-0.15, -0.1) is 0 Å². The summed E-state index contributed by atoms with van der Waals surface area (Å²) in [6.45, 7) is 5.49. The van der Waals surface area contributed by atoms with Gasteiger partial charge >= 0.3 is 0 Å². The van der Waals surface area contributed by atoms with E-state index in [1.165, 1.54) is 11.1 Å². The van der Waals surface area contributed by atoms with Crippen molar-refractivity contribution < 1.29 is 4.42 Å². The minimum atomic E-state index is 0.717. The van der Waals surface area contributed by atoms with Gasteiger partial charge in [-0.05, 0) is 25.5 Å². The van der Waals surface area contributed by atoms with Gasteiger partial charge < -0.3 is 14.6 Å². The van der Waals surface area contributed by atoms with Crippen molar-refractivity contribution >= 4 is 5.96 Å². The molecule has 2 aromatic rings.